The molecule has 3 N–H and O–H groups in total. The van der Waals surface area contributed by atoms with Crippen LogP contribution in [0.2, 0.25) is 0 Å². The summed E-state index contributed by atoms with van der Waals surface area (Å²) in [7, 11) is 2.12. The number of urea groups is 1. The topological polar surface area (TPSA) is 96.0 Å². The number of hydrogen-bond acceptors (Lipinski definition) is 6. The number of amides is 2. The Kier molecular flexibility index (Phi) is 11.1. The van der Waals surface area contributed by atoms with Crippen LogP contribution in [-0.2, 0) is 35.6 Å². The number of aromatic nitrogens is 1. The molecule has 1 aliphatic rings. The SMILES string of the molecule is C[C@H]1[C@@H](CN(C)CCc2ccccn2)O[C@@H](c2ccc(CNC(=O)NCc3ccccc3)cc2)O[C@H]1c1ccc(CO)cc1. The number of carbonyl (C=O) groups is 1. The molecular formula is C36H42N4O4. The van der Waals surface area contributed by atoms with Crippen molar-refractivity contribution in [2.24, 2.45) is 5.92 Å². The summed E-state index contributed by atoms with van der Waals surface area (Å²) in [4.78, 5) is 19.1. The first-order valence-corrected chi connectivity index (χ1v) is 15.2. The van der Waals surface area contributed by atoms with Gasteiger partial charge in [0.2, 0.25) is 0 Å². The monoisotopic (exact) mass is 594 g/mol. The highest BCUT2D eigenvalue weighted by molar-refractivity contribution is 5.73. The maximum absolute atomic E-state index is 12.3. The Morgan fingerprint density at radius 1 is 0.818 bits per heavy atom. The van der Waals surface area contributed by atoms with Gasteiger partial charge in [-0.15, -0.1) is 0 Å². The smallest absolute Gasteiger partial charge is 0.315 e. The van der Waals surface area contributed by atoms with E-state index in [1.807, 2.05) is 97.2 Å². The first kappa shape index (κ1) is 31.3. The molecule has 0 saturated carbocycles. The van der Waals surface area contributed by atoms with Gasteiger partial charge in [0, 0.05) is 56.0 Å². The van der Waals surface area contributed by atoms with E-state index >= 15 is 0 Å². The maximum atomic E-state index is 12.3. The van der Waals surface area contributed by atoms with E-state index in [4.69, 9.17) is 9.47 Å². The van der Waals surface area contributed by atoms with E-state index in [2.05, 4.69) is 40.6 Å². The molecule has 0 bridgehead atoms. The van der Waals surface area contributed by atoms with Crippen molar-refractivity contribution in [3.63, 3.8) is 0 Å². The molecular weight excluding hydrogens is 552 g/mol. The molecule has 0 aliphatic carbocycles. The van der Waals surface area contributed by atoms with Crippen molar-refractivity contribution in [3.8, 4) is 0 Å². The van der Waals surface area contributed by atoms with Crippen LogP contribution in [0.3, 0.4) is 0 Å². The van der Waals surface area contributed by atoms with Crippen LogP contribution in [0.5, 0.6) is 0 Å². The summed E-state index contributed by atoms with van der Waals surface area (Å²) < 4.78 is 13.2. The Labute approximate surface area is 260 Å². The first-order chi connectivity index (χ1) is 21.5. The van der Waals surface area contributed by atoms with Crippen LogP contribution in [0, 0.1) is 5.92 Å². The van der Waals surface area contributed by atoms with Crippen LogP contribution in [0.25, 0.3) is 0 Å². The molecule has 4 aromatic rings. The van der Waals surface area contributed by atoms with E-state index in [1.165, 1.54) is 0 Å². The largest absolute Gasteiger partial charge is 0.392 e. The lowest BCUT2D eigenvalue weighted by Crippen LogP contribution is -2.44. The summed E-state index contributed by atoms with van der Waals surface area (Å²) in [5.41, 5.74) is 5.96. The molecule has 1 aromatic heterocycles. The van der Waals surface area contributed by atoms with Gasteiger partial charge in [-0.25, -0.2) is 4.79 Å². The molecule has 1 fully saturated rings. The second-order valence-electron chi connectivity index (χ2n) is 11.4. The fourth-order valence-electron chi connectivity index (χ4n) is 5.39. The average Bonchev–Trinajstić information content (AvgIpc) is 3.07. The summed E-state index contributed by atoms with van der Waals surface area (Å²) in [6.07, 6.45) is 1.91. The predicted molar refractivity (Wildman–Crippen MR) is 170 cm³/mol. The molecule has 8 nitrogen and oxygen atoms in total. The molecule has 2 heterocycles. The van der Waals surface area contributed by atoms with E-state index in [-0.39, 0.29) is 30.8 Å². The highest BCUT2D eigenvalue weighted by Gasteiger charge is 2.38. The van der Waals surface area contributed by atoms with Crippen molar-refractivity contribution in [3.05, 3.63) is 137 Å². The normalized spacial score (nSPS) is 19.9. The lowest BCUT2D eigenvalue weighted by atomic mass is 9.90. The number of hydrogen-bond donors (Lipinski definition) is 3. The van der Waals surface area contributed by atoms with Gasteiger partial charge in [-0.05, 0) is 41.4 Å². The third kappa shape index (κ3) is 8.74. The Bertz CT molecular complexity index is 1430. The number of nitrogens with one attached hydrogen (secondary N) is 2. The van der Waals surface area contributed by atoms with Crippen LogP contribution in [0.4, 0.5) is 4.79 Å². The fourth-order valence-corrected chi connectivity index (χ4v) is 5.39. The van der Waals surface area contributed by atoms with Gasteiger partial charge in [0.15, 0.2) is 6.29 Å². The van der Waals surface area contributed by atoms with Crippen LogP contribution in [0.1, 0.15) is 52.8 Å². The van der Waals surface area contributed by atoms with Crippen LogP contribution in [-0.4, -0.2) is 47.3 Å². The van der Waals surface area contributed by atoms with Gasteiger partial charge >= 0.3 is 6.03 Å². The lowest BCUT2D eigenvalue weighted by molar-refractivity contribution is -0.275. The molecule has 230 valence electrons. The molecule has 0 unspecified atom stereocenters. The first-order valence-electron chi connectivity index (χ1n) is 15.2. The fraction of sp³-hybridized carbons (Fsp3) is 0.333. The Morgan fingerprint density at radius 2 is 1.45 bits per heavy atom. The van der Waals surface area contributed by atoms with E-state index in [0.717, 1.165) is 53.0 Å². The second kappa shape index (κ2) is 15.6. The van der Waals surface area contributed by atoms with E-state index in [9.17, 15) is 9.90 Å². The Hall–Kier alpha value is -4.08. The molecule has 1 saturated heterocycles. The van der Waals surface area contributed by atoms with Crippen LogP contribution < -0.4 is 10.6 Å². The number of pyridine rings is 1. The van der Waals surface area contributed by atoms with Gasteiger partial charge in [-0.3, -0.25) is 4.98 Å². The number of aliphatic hydroxyl groups excluding tert-OH is 1. The number of carbonyl (C=O) groups excluding carboxylic acids is 1. The third-order valence-electron chi connectivity index (χ3n) is 8.09. The van der Waals surface area contributed by atoms with Gasteiger partial charge in [0.25, 0.3) is 0 Å². The molecule has 3 aromatic carbocycles. The molecule has 8 heteroatoms. The van der Waals surface area contributed by atoms with E-state index < -0.39 is 6.29 Å². The van der Waals surface area contributed by atoms with Crippen molar-refractivity contribution in [2.45, 2.75) is 51.5 Å². The van der Waals surface area contributed by atoms with Crippen molar-refractivity contribution in [1.82, 2.24) is 20.5 Å². The zero-order valence-corrected chi connectivity index (χ0v) is 25.4. The Balaban J connectivity index is 1.23. The number of nitrogens with zero attached hydrogens (tertiary/aromatic N) is 2. The molecule has 44 heavy (non-hydrogen) atoms. The van der Waals surface area contributed by atoms with Gasteiger partial charge in [-0.1, -0.05) is 91.9 Å². The molecule has 0 radical (unpaired) electrons. The zero-order chi connectivity index (χ0) is 30.7. The van der Waals surface area contributed by atoms with Crippen LogP contribution in [0.15, 0.2) is 103 Å². The highest BCUT2D eigenvalue weighted by atomic mass is 16.7. The number of likely N-dealkylation sites (N-methyl/N-ethyl adjacent to an activating group) is 1. The third-order valence-corrected chi connectivity index (χ3v) is 8.09. The standard InChI is InChI=1S/C36H42N4O4/c1-26-33(24-40(2)21-19-32-10-6-7-20-37-32)43-35(44-34(26)30-15-13-29(25-41)14-16-30)31-17-11-28(12-18-31)23-39-36(42)38-22-27-8-4-3-5-9-27/h3-18,20,26,33-35,41H,19,21-25H2,1-2H3,(H2,38,39,42)/t26-,33+,34+,35+/m0/s1. The summed E-state index contributed by atoms with van der Waals surface area (Å²) >= 11 is 0. The summed E-state index contributed by atoms with van der Waals surface area (Å²) in [5.74, 6) is 0.0985. The van der Waals surface area contributed by atoms with Crippen molar-refractivity contribution < 1.29 is 19.4 Å². The van der Waals surface area contributed by atoms with E-state index in [0.29, 0.717) is 13.1 Å². The quantitative estimate of drug-likeness (QED) is 0.199. The van der Waals surface area contributed by atoms with Crippen LogP contribution >= 0.6 is 0 Å². The van der Waals surface area contributed by atoms with E-state index in [1.54, 1.807) is 0 Å². The van der Waals surface area contributed by atoms with Crippen molar-refractivity contribution in [1.29, 1.82) is 0 Å². The number of benzene rings is 3. The second-order valence-corrected chi connectivity index (χ2v) is 11.4. The minimum absolute atomic E-state index is 0.00662. The summed E-state index contributed by atoms with van der Waals surface area (Å²) in [6.45, 7) is 4.69. The minimum Gasteiger partial charge on any atom is -0.392 e. The molecule has 0 spiro atoms. The van der Waals surface area contributed by atoms with Gasteiger partial charge in [0.05, 0.1) is 18.8 Å². The predicted octanol–water partition coefficient (Wildman–Crippen LogP) is 5.54. The summed E-state index contributed by atoms with van der Waals surface area (Å²) in [6, 6.07) is 31.6. The van der Waals surface area contributed by atoms with Gasteiger partial charge < -0.3 is 30.1 Å². The Morgan fingerprint density at radius 3 is 2.11 bits per heavy atom. The van der Waals surface area contributed by atoms with Gasteiger partial charge in [0.1, 0.15) is 0 Å². The molecule has 1 aliphatic heterocycles. The maximum Gasteiger partial charge on any atom is 0.315 e. The number of aliphatic hydroxyl groups is 1. The minimum atomic E-state index is -0.543. The molecule has 4 atom stereocenters. The van der Waals surface area contributed by atoms with Crippen molar-refractivity contribution in [2.75, 3.05) is 20.1 Å². The van der Waals surface area contributed by atoms with Gasteiger partial charge in [-0.2, -0.15) is 0 Å². The molecule has 2 amide bonds. The lowest BCUT2D eigenvalue weighted by Gasteiger charge is -2.42. The zero-order valence-electron chi connectivity index (χ0n) is 25.4. The summed E-state index contributed by atoms with van der Waals surface area (Å²) in [5, 5.41) is 15.3. The molecule has 5 rings (SSSR count). The number of rotatable bonds is 12. The highest BCUT2D eigenvalue weighted by Crippen LogP contribution is 2.41. The average molecular weight is 595 g/mol. The number of ether oxygens (including phenoxy) is 2. The van der Waals surface area contributed by atoms with Crippen molar-refractivity contribution >= 4 is 6.03 Å².